The van der Waals surface area contributed by atoms with Crippen LogP contribution in [0.5, 0.6) is 0 Å². The molecule has 0 saturated carbocycles. The van der Waals surface area contributed by atoms with Crippen molar-refractivity contribution in [3.63, 3.8) is 0 Å². The molecular formula is C21H24N6O3. The number of piperidine rings is 1. The maximum absolute atomic E-state index is 12.7. The highest BCUT2D eigenvalue weighted by molar-refractivity contribution is 5.79. The minimum atomic E-state index is -0.0670. The summed E-state index contributed by atoms with van der Waals surface area (Å²) in [7, 11) is 0. The lowest BCUT2D eigenvalue weighted by Gasteiger charge is -2.31. The van der Waals surface area contributed by atoms with Crippen molar-refractivity contribution in [1.82, 2.24) is 20.5 Å². The third-order valence-corrected chi connectivity index (χ3v) is 5.26. The van der Waals surface area contributed by atoms with Crippen molar-refractivity contribution in [3.8, 4) is 17.7 Å². The zero-order valence-electron chi connectivity index (χ0n) is 17.0. The number of aromatic nitrogens is 3. The van der Waals surface area contributed by atoms with E-state index in [1.807, 2.05) is 24.8 Å². The number of furan rings is 1. The van der Waals surface area contributed by atoms with E-state index in [9.17, 15) is 10.1 Å². The number of hydrogen-bond acceptors (Lipinski definition) is 7. The largest absolute Gasteiger partial charge is 0.459 e. The van der Waals surface area contributed by atoms with Crippen LogP contribution in [0.25, 0.3) is 11.7 Å². The number of anilines is 1. The lowest BCUT2D eigenvalue weighted by molar-refractivity contribution is -0.126. The third-order valence-electron chi connectivity index (χ3n) is 5.26. The number of carbonyl (C=O) groups excluding carboxylic acids is 1. The number of carbonyl (C=O) groups is 1. The maximum atomic E-state index is 12.7. The Morgan fingerprint density at radius 2 is 2.27 bits per heavy atom. The summed E-state index contributed by atoms with van der Waals surface area (Å²) in [4.78, 5) is 18.9. The first-order chi connectivity index (χ1) is 14.5. The quantitative estimate of drug-likeness (QED) is 0.642. The van der Waals surface area contributed by atoms with E-state index in [0.29, 0.717) is 44.0 Å². The predicted molar refractivity (Wildman–Crippen MR) is 108 cm³/mol. The Kier molecular flexibility index (Phi) is 5.57. The molecule has 4 rings (SSSR count). The van der Waals surface area contributed by atoms with E-state index in [-0.39, 0.29) is 29.5 Å². The molecule has 0 bridgehead atoms. The van der Waals surface area contributed by atoms with Crippen molar-refractivity contribution < 1.29 is 13.6 Å². The van der Waals surface area contributed by atoms with Gasteiger partial charge in [0.1, 0.15) is 6.07 Å². The van der Waals surface area contributed by atoms with Gasteiger partial charge in [-0.15, -0.1) is 0 Å². The molecule has 156 valence electrons. The van der Waals surface area contributed by atoms with Crippen LogP contribution in [0.3, 0.4) is 0 Å². The van der Waals surface area contributed by atoms with Crippen LogP contribution in [0.15, 0.2) is 33.3 Å². The van der Waals surface area contributed by atoms with Crippen molar-refractivity contribution in [3.05, 3.63) is 41.5 Å². The van der Waals surface area contributed by atoms with E-state index < -0.39 is 0 Å². The Morgan fingerprint density at radius 3 is 2.90 bits per heavy atom. The van der Waals surface area contributed by atoms with Gasteiger partial charge in [0, 0.05) is 37.2 Å². The minimum absolute atomic E-state index is 0.00792. The Balaban J connectivity index is 1.33. The van der Waals surface area contributed by atoms with Crippen molar-refractivity contribution in [2.24, 2.45) is 5.92 Å². The number of nitrogens with zero attached hydrogens (tertiary/aromatic N) is 4. The summed E-state index contributed by atoms with van der Waals surface area (Å²) in [6.45, 7) is 5.18. The average molecular weight is 408 g/mol. The zero-order valence-corrected chi connectivity index (χ0v) is 17.0. The molecule has 1 fully saturated rings. The molecule has 3 aromatic rings. The molecule has 3 aromatic heterocycles. The monoisotopic (exact) mass is 408 g/mol. The highest BCUT2D eigenvalue weighted by atomic mass is 16.4. The third kappa shape index (κ3) is 4.22. The van der Waals surface area contributed by atoms with Gasteiger partial charge in [-0.1, -0.05) is 0 Å². The van der Waals surface area contributed by atoms with Crippen LogP contribution in [0.2, 0.25) is 0 Å². The van der Waals surface area contributed by atoms with Gasteiger partial charge < -0.3 is 19.1 Å². The molecule has 1 atom stereocenters. The summed E-state index contributed by atoms with van der Waals surface area (Å²) >= 11 is 0. The molecule has 0 spiro atoms. The fraction of sp³-hybridized carbons (Fsp3) is 0.429. The number of rotatable bonds is 6. The van der Waals surface area contributed by atoms with Crippen LogP contribution >= 0.6 is 0 Å². The van der Waals surface area contributed by atoms with Crippen LogP contribution in [0.1, 0.15) is 36.8 Å². The second-order valence-electron chi connectivity index (χ2n) is 7.68. The van der Waals surface area contributed by atoms with Gasteiger partial charge in [-0.3, -0.25) is 9.89 Å². The number of H-pyrrole nitrogens is 1. The molecule has 0 radical (unpaired) electrons. The van der Waals surface area contributed by atoms with Crippen molar-refractivity contribution in [1.29, 1.82) is 5.26 Å². The van der Waals surface area contributed by atoms with Gasteiger partial charge in [0.15, 0.2) is 5.76 Å². The first-order valence-corrected chi connectivity index (χ1v) is 10.0. The van der Waals surface area contributed by atoms with E-state index in [0.717, 1.165) is 11.4 Å². The Morgan fingerprint density at radius 1 is 1.47 bits per heavy atom. The summed E-state index contributed by atoms with van der Waals surface area (Å²) in [5.74, 6) is 1.19. The Bertz CT molecular complexity index is 1040. The minimum Gasteiger partial charge on any atom is -0.459 e. The van der Waals surface area contributed by atoms with Crippen LogP contribution < -0.4 is 10.2 Å². The van der Waals surface area contributed by atoms with Gasteiger partial charge in [-0.2, -0.15) is 15.3 Å². The molecule has 30 heavy (non-hydrogen) atoms. The maximum Gasteiger partial charge on any atom is 0.266 e. The molecule has 0 aromatic carbocycles. The van der Waals surface area contributed by atoms with Gasteiger partial charge in [-0.05, 0) is 44.9 Å². The average Bonchev–Trinajstić information content (AvgIpc) is 3.48. The number of hydrogen-bond donors (Lipinski definition) is 2. The fourth-order valence-electron chi connectivity index (χ4n) is 3.75. The van der Waals surface area contributed by atoms with E-state index in [1.165, 1.54) is 6.26 Å². The molecule has 9 nitrogen and oxygen atoms in total. The number of aromatic amines is 1. The highest BCUT2D eigenvalue weighted by Gasteiger charge is 2.29. The standard InChI is InChI=1S/C21H24N6O3/c1-13(10-16-11-14(2)25-26-16)23-19(28)15-5-7-27(8-6-15)21-17(12-22)24-20(30-21)18-4-3-9-29-18/h3-4,9,11,13,15H,5-8,10H2,1-2H3,(H,23,28)(H,25,26). The molecule has 2 N–H and O–H groups in total. The van der Waals surface area contributed by atoms with Crippen molar-refractivity contribution in [2.75, 3.05) is 18.0 Å². The van der Waals surface area contributed by atoms with E-state index in [4.69, 9.17) is 8.83 Å². The van der Waals surface area contributed by atoms with Gasteiger partial charge in [0.05, 0.1) is 12.0 Å². The number of aryl methyl sites for hydroxylation is 1. The first kappa shape index (κ1) is 19.8. The number of nitriles is 1. The number of amides is 1. The Hall–Kier alpha value is -3.54. The van der Waals surface area contributed by atoms with Crippen LogP contribution in [-0.2, 0) is 11.2 Å². The highest BCUT2D eigenvalue weighted by Crippen LogP contribution is 2.31. The number of nitrogens with one attached hydrogen (secondary N) is 2. The second-order valence-corrected chi connectivity index (χ2v) is 7.68. The SMILES string of the molecule is Cc1cc(CC(C)NC(=O)C2CCN(c3oc(-c4ccco4)nc3C#N)CC2)n[nH]1. The molecule has 9 heteroatoms. The first-order valence-electron chi connectivity index (χ1n) is 10.0. The van der Waals surface area contributed by atoms with Crippen LogP contribution in [-0.4, -0.2) is 40.2 Å². The summed E-state index contributed by atoms with van der Waals surface area (Å²) < 4.78 is 11.1. The lowest BCUT2D eigenvalue weighted by atomic mass is 9.95. The molecule has 4 heterocycles. The topological polar surface area (TPSA) is 124 Å². The van der Waals surface area contributed by atoms with Gasteiger partial charge >= 0.3 is 0 Å². The smallest absolute Gasteiger partial charge is 0.266 e. The van der Waals surface area contributed by atoms with Crippen LogP contribution in [0, 0.1) is 24.2 Å². The molecule has 0 aliphatic carbocycles. The van der Waals surface area contributed by atoms with E-state index in [1.54, 1.807) is 12.1 Å². The predicted octanol–water partition coefficient (Wildman–Crippen LogP) is 2.80. The summed E-state index contributed by atoms with van der Waals surface area (Å²) in [6.07, 6.45) is 3.58. The van der Waals surface area contributed by atoms with E-state index >= 15 is 0 Å². The molecule has 1 aliphatic heterocycles. The van der Waals surface area contributed by atoms with Gasteiger partial charge in [0.25, 0.3) is 5.89 Å². The normalized spacial score (nSPS) is 15.7. The van der Waals surface area contributed by atoms with Crippen LogP contribution in [0.4, 0.5) is 5.88 Å². The summed E-state index contributed by atoms with van der Waals surface area (Å²) in [5.41, 5.74) is 2.18. The molecular weight excluding hydrogens is 384 g/mol. The fourth-order valence-corrected chi connectivity index (χ4v) is 3.75. The van der Waals surface area contributed by atoms with Gasteiger partial charge in [0.2, 0.25) is 17.5 Å². The summed E-state index contributed by atoms with van der Waals surface area (Å²) in [5, 5.41) is 19.7. The van der Waals surface area contributed by atoms with Crippen molar-refractivity contribution >= 4 is 11.8 Å². The van der Waals surface area contributed by atoms with E-state index in [2.05, 4.69) is 26.6 Å². The lowest BCUT2D eigenvalue weighted by Crippen LogP contribution is -2.43. The number of oxazole rings is 1. The zero-order chi connectivity index (χ0) is 21.1. The second kappa shape index (κ2) is 8.45. The molecule has 1 aliphatic rings. The molecule has 1 amide bonds. The van der Waals surface area contributed by atoms with Crippen molar-refractivity contribution in [2.45, 2.75) is 39.2 Å². The molecule has 1 saturated heterocycles. The molecule has 1 unspecified atom stereocenters. The van der Waals surface area contributed by atoms with Gasteiger partial charge in [-0.25, -0.2) is 0 Å². The summed E-state index contributed by atoms with van der Waals surface area (Å²) in [6, 6.07) is 7.56. The Labute approximate surface area is 174 Å².